The van der Waals surface area contributed by atoms with Crippen molar-refractivity contribution >= 4 is 35.3 Å². The van der Waals surface area contributed by atoms with Gasteiger partial charge in [0.05, 0.1) is 10.6 Å². The number of benzene rings is 2. The summed E-state index contributed by atoms with van der Waals surface area (Å²) in [6.07, 6.45) is 2.79. The monoisotopic (exact) mass is 465 g/mol. The lowest BCUT2D eigenvalue weighted by Crippen LogP contribution is -2.34. The molecule has 0 saturated heterocycles. The van der Waals surface area contributed by atoms with Crippen LogP contribution < -0.4 is 10.6 Å². The lowest BCUT2D eigenvalue weighted by molar-refractivity contribution is -0.112. The zero-order valence-corrected chi connectivity index (χ0v) is 20.9. The van der Waals surface area contributed by atoms with Crippen LogP contribution in [-0.4, -0.2) is 42.9 Å². The molecule has 6 heteroatoms. The first-order valence-electron chi connectivity index (χ1n) is 11.7. The number of carbonyl (C=O) groups is 2. The summed E-state index contributed by atoms with van der Waals surface area (Å²) in [4.78, 5) is 29.3. The molecule has 176 valence electrons. The van der Waals surface area contributed by atoms with Gasteiger partial charge in [0.15, 0.2) is 0 Å². The van der Waals surface area contributed by atoms with Crippen LogP contribution in [0.4, 0.5) is 5.69 Å². The van der Waals surface area contributed by atoms with E-state index in [1.807, 2.05) is 48.5 Å². The average Bonchev–Trinajstić information content (AvgIpc) is 2.76. The van der Waals surface area contributed by atoms with E-state index in [-0.39, 0.29) is 11.8 Å². The minimum Gasteiger partial charge on any atom is -0.352 e. The fraction of sp³-hybridized carbons (Fsp3) is 0.407. The summed E-state index contributed by atoms with van der Waals surface area (Å²) in [6, 6.07) is 15.3. The Kier molecular flexibility index (Phi) is 9.15. The molecule has 0 aliphatic carbocycles. The minimum absolute atomic E-state index is 0.109. The first kappa shape index (κ1) is 25.1. The van der Waals surface area contributed by atoms with E-state index in [0.29, 0.717) is 34.5 Å². The molecule has 1 aliphatic rings. The molecule has 0 radical (unpaired) electrons. The summed E-state index contributed by atoms with van der Waals surface area (Å²) >= 11 is 1.43. The second-order valence-electron chi connectivity index (χ2n) is 9.34. The van der Waals surface area contributed by atoms with Crippen molar-refractivity contribution in [2.75, 3.05) is 31.5 Å². The fourth-order valence-electron chi connectivity index (χ4n) is 3.90. The molecule has 0 saturated carbocycles. The Morgan fingerprint density at radius 3 is 2.42 bits per heavy atom. The molecule has 0 unspecified atom stereocenters. The molecule has 0 aromatic heterocycles. The summed E-state index contributed by atoms with van der Waals surface area (Å²) < 4.78 is 0. The van der Waals surface area contributed by atoms with Crippen molar-refractivity contribution in [3.05, 3.63) is 64.6 Å². The van der Waals surface area contributed by atoms with Gasteiger partial charge in [-0.2, -0.15) is 0 Å². The van der Waals surface area contributed by atoms with E-state index >= 15 is 0 Å². The van der Waals surface area contributed by atoms with Crippen LogP contribution in [-0.2, 0) is 4.79 Å². The number of thioether (sulfide) groups is 1. The van der Waals surface area contributed by atoms with Crippen LogP contribution in [0, 0.1) is 11.8 Å². The molecule has 0 fully saturated rings. The van der Waals surface area contributed by atoms with Gasteiger partial charge in [-0.05, 0) is 54.6 Å². The van der Waals surface area contributed by atoms with Crippen LogP contribution >= 0.6 is 11.8 Å². The van der Waals surface area contributed by atoms with Gasteiger partial charge in [0.1, 0.15) is 0 Å². The number of nitrogens with zero attached hydrogens (tertiary/aromatic N) is 1. The molecular formula is C27H35N3O2S. The molecule has 5 nitrogen and oxygen atoms in total. The molecular weight excluding hydrogens is 430 g/mol. The van der Waals surface area contributed by atoms with Gasteiger partial charge in [0.25, 0.3) is 11.8 Å². The van der Waals surface area contributed by atoms with Gasteiger partial charge in [-0.1, -0.05) is 69.8 Å². The molecule has 0 spiro atoms. The quantitative estimate of drug-likeness (QED) is 0.359. The smallest absolute Gasteiger partial charge is 0.262 e. The molecule has 3 rings (SSSR count). The number of fused-ring (bicyclic) bond motifs is 1. The van der Waals surface area contributed by atoms with Crippen molar-refractivity contribution in [2.24, 2.45) is 11.8 Å². The van der Waals surface area contributed by atoms with Crippen molar-refractivity contribution in [1.82, 2.24) is 10.2 Å². The predicted octanol–water partition coefficient (Wildman–Crippen LogP) is 5.51. The topological polar surface area (TPSA) is 61.4 Å². The maximum atomic E-state index is 12.7. The summed E-state index contributed by atoms with van der Waals surface area (Å²) in [5.74, 6) is 1.00. The molecule has 0 bridgehead atoms. The maximum absolute atomic E-state index is 12.7. The van der Waals surface area contributed by atoms with Crippen molar-refractivity contribution in [2.45, 2.75) is 39.0 Å². The Morgan fingerprint density at radius 1 is 1.06 bits per heavy atom. The van der Waals surface area contributed by atoms with Gasteiger partial charge in [0.2, 0.25) is 0 Å². The van der Waals surface area contributed by atoms with Gasteiger partial charge >= 0.3 is 0 Å². The molecule has 1 aliphatic heterocycles. The summed E-state index contributed by atoms with van der Waals surface area (Å²) in [7, 11) is 0. The normalized spacial score (nSPS) is 14.6. The van der Waals surface area contributed by atoms with E-state index in [0.717, 1.165) is 36.5 Å². The van der Waals surface area contributed by atoms with Gasteiger partial charge in [0, 0.05) is 30.1 Å². The largest absolute Gasteiger partial charge is 0.352 e. The molecule has 0 atom stereocenters. The molecule has 2 N–H and O–H groups in total. The first-order chi connectivity index (χ1) is 15.8. The van der Waals surface area contributed by atoms with E-state index in [1.165, 1.54) is 11.8 Å². The number of hydrogen-bond donors (Lipinski definition) is 2. The van der Waals surface area contributed by atoms with Crippen molar-refractivity contribution in [1.29, 1.82) is 0 Å². The van der Waals surface area contributed by atoms with Crippen LogP contribution in [0.5, 0.6) is 0 Å². The van der Waals surface area contributed by atoms with E-state index in [2.05, 4.69) is 43.2 Å². The second-order valence-corrected chi connectivity index (χ2v) is 10.4. The lowest BCUT2D eigenvalue weighted by Gasteiger charge is -2.26. The molecule has 2 aromatic carbocycles. The van der Waals surface area contributed by atoms with Gasteiger partial charge in [-0.3, -0.25) is 9.59 Å². The zero-order chi connectivity index (χ0) is 23.8. The van der Waals surface area contributed by atoms with E-state index in [9.17, 15) is 9.59 Å². The van der Waals surface area contributed by atoms with Crippen LogP contribution in [0.3, 0.4) is 0 Å². The Labute approximate surface area is 202 Å². The highest BCUT2D eigenvalue weighted by atomic mass is 32.2. The third kappa shape index (κ3) is 7.76. The number of hydrogen-bond acceptors (Lipinski definition) is 4. The average molecular weight is 466 g/mol. The highest BCUT2D eigenvalue weighted by molar-refractivity contribution is 8.04. The third-order valence-electron chi connectivity index (χ3n) is 5.21. The van der Waals surface area contributed by atoms with Crippen LogP contribution in [0.15, 0.2) is 58.3 Å². The summed E-state index contributed by atoms with van der Waals surface area (Å²) in [5.41, 5.74) is 2.23. The Morgan fingerprint density at radius 2 is 1.76 bits per heavy atom. The van der Waals surface area contributed by atoms with Crippen molar-refractivity contribution in [3.63, 3.8) is 0 Å². The van der Waals surface area contributed by atoms with E-state index in [4.69, 9.17) is 0 Å². The Bertz CT molecular complexity index is 976. The van der Waals surface area contributed by atoms with Gasteiger partial charge in [-0.15, -0.1) is 0 Å². The van der Waals surface area contributed by atoms with E-state index < -0.39 is 0 Å². The van der Waals surface area contributed by atoms with E-state index in [1.54, 1.807) is 6.07 Å². The number of nitrogens with one attached hydrogen (secondary N) is 2. The first-order valence-corrected chi connectivity index (χ1v) is 12.5. The highest BCUT2D eigenvalue weighted by Gasteiger charge is 2.22. The molecule has 33 heavy (non-hydrogen) atoms. The lowest BCUT2D eigenvalue weighted by atomic mass is 10.1. The highest BCUT2D eigenvalue weighted by Crippen LogP contribution is 2.39. The summed E-state index contributed by atoms with van der Waals surface area (Å²) in [5, 5.41) is 5.95. The maximum Gasteiger partial charge on any atom is 0.262 e. The van der Waals surface area contributed by atoms with Gasteiger partial charge < -0.3 is 15.5 Å². The van der Waals surface area contributed by atoms with Crippen LogP contribution in [0.1, 0.15) is 50.0 Å². The number of amides is 2. The SMILES string of the molecule is CC(C)CN(CCCNC(=O)c1ccc2c(c1)NC(=O)/C(=C/c1ccccc1)S2)CC(C)C. The fourth-order valence-corrected chi connectivity index (χ4v) is 4.83. The third-order valence-corrected chi connectivity index (χ3v) is 6.31. The molecule has 1 heterocycles. The van der Waals surface area contributed by atoms with Crippen molar-refractivity contribution in [3.8, 4) is 0 Å². The van der Waals surface area contributed by atoms with Gasteiger partial charge in [-0.25, -0.2) is 0 Å². The minimum atomic E-state index is -0.149. The second kappa shape index (κ2) is 12.1. The number of carbonyl (C=O) groups excluding carboxylic acids is 2. The number of rotatable bonds is 10. The molecule has 2 aromatic rings. The zero-order valence-electron chi connectivity index (χ0n) is 20.1. The standard InChI is InChI=1S/C27H35N3O2S/c1-19(2)17-30(18-20(3)4)14-8-13-28-26(31)22-11-12-24-23(16-22)29-27(32)25(33-24)15-21-9-6-5-7-10-21/h5-7,9-12,15-16,19-20H,8,13-14,17-18H2,1-4H3,(H,28,31)(H,29,32)/b25-15-. The van der Waals surface area contributed by atoms with Crippen LogP contribution in [0.2, 0.25) is 0 Å². The number of anilines is 1. The molecule has 2 amide bonds. The Balaban J connectivity index is 1.55. The summed E-state index contributed by atoms with van der Waals surface area (Å²) in [6.45, 7) is 12.7. The predicted molar refractivity (Wildman–Crippen MR) is 138 cm³/mol. The van der Waals surface area contributed by atoms with Crippen LogP contribution in [0.25, 0.3) is 6.08 Å². The Hall–Kier alpha value is -2.57. The van der Waals surface area contributed by atoms with Crippen molar-refractivity contribution < 1.29 is 9.59 Å².